The van der Waals surface area contributed by atoms with Crippen molar-refractivity contribution in [3.8, 4) is 0 Å². The van der Waals surface area contributed by atoms with E-state index in [-0.39, 0.29) is 11.9 Å². The molecule has 1 aliphatic heterocycles. The Morgan fingerprint density at radius 2 is 2.16 bits per heavy atom. The van der Waals surface area contributed by atoms with E-state index in [2.05, 4.69) is 4.98 Å². The lowest BCUT2D eigenvalue weighted by molar-refractivity contribution is -0.141. The summed E-state index contributed by atoms with van der Waals surface area (Å²) in [6.07, 6.45) is 6.34. The van der Waals surface area contributed by atoms with Gasteiger partial charge < -0.3 is 10.0 Å². The van der Waals surface area contributed by atoms with Crippen molar-refractivity contribution in [1.29, 1.82) is 0 Å². The van der Waals surface area contributed by atoms with Crippen molar-refractivity contribution in [2.24, 2.45) is 5.92 Å². The zero-order valence-electron chi connectivity index (χ0n) is 10.5. The Kier molecular flexibility index (Phi) is 3.26. The Labute approximate surface area is 115 Å². The van der Waals surface area contributed by atoms with Crippen LogP contribution in [-0.2, 0) is 4.79 Å². The van der Waals surface area contributed by atoms with Crippen LogP contribution in [0.15, 0.2) is 11.7 Å². The number of likely N-dealkylation sites (tertiary alicyclic amines) is 1. The zero-order valence-corrected chi connectivity index (χ0v) is 11.3. The van der Waals surface area contributed by atoms with Crippen molar-refractivity contribution in [3.63, 3.8) is 0 Å². The fourth-order valence-electron chi connectivity index (χ4n) is 3.42. The van der Waals surface area contributed by atoms with Gasteiger partial charge in [0, 0.05) is 6.04 Å². The number of fused-ring (bicyclic) bond motifs is 1. The standard InChI is InChI=1S/C13H16N2O3S/c16-12(11-6-14-7-19-11)15-9-4-2-1-3-8(9)5-10(15)13(17)18/h6-10H,1-5H2,(H,17,18). The van der Waals surface area contributed by atoms with E-state index in [9.17, 15) is 14.7 Å². The molecule has 6 heteroatoms. The van der Waals surface area contributed by atoms with E-state index in [4.69, 9.17) is 0 Å². The van der Waals surface area contributed by atoms with E-state index in [1.54, 1.807) is 10.4 Å². The highest BCUT2D eigenvalue weighted by Crippen LogP contribution is 2.40. The molecule has 1 aromatic rings. The number of hydrogen-bond donors (Lipinski definition) is 1. The van der Waals surface area contributed by atoms with Gasteiger partial charge in [-0.15, -0.1) is 11.3 Å². The summed E-state index contributed by atoms with van der Waals surface area (Å²) in [5.74, 6) is -0.691. The summed E-state index contributed by atoms with van der Waals surface area (Å²) in [5, 5.41) is 9.37. The maximum Gasteiger partial charge on any atom is 0.326 e. The van der Waals surface area contributed by atoms with Crippen LogP contribution < -0.4 is 0 Å². The second-order valence-electron chi connectivity index (χ2n) is 5.28. The Morgan fingerprint density at radius 3 is 2.84 bits per heavy atom. The van der Waals surface area contributed by atoms with Crippen molar-refractivity contribution >= 4 is 23.2 Å². The lowest BCUT2D eigenvalue weighted by atomic mass is 9.85. The fourth-order valence-corrected chi connectivity index (χ4v) is 3.98. The van der Waals surface area contributed by atoms with E-state index >= 15 is 0 Å². The van der Waals surface area contributed by atoms with Crippen LogP contribution in [0.3, 0.4) is 0 Å². The summed E-state index contributed by atoms with van der Waals surface area (Å²) < 4.78 is 0. The number of nitrogens with zero attached hydrogens (tertiary/aromatic N) is 2. The second-order valence-corrected chi connectivity index (χ2v) is 6.17. The van der Waals surface area contributed by atoms with Gasteiger partial charge in [-0.05, 0) is 25.2 Å². The maximum atomic E-state index is 12.5. The van der Waals surface area contributed by atoms with Crippen LogP contribution in [0.25, 0.3) is 0 Å². The minimum atomic E-state index is -0.882. The second kappa shape index (κ2) is 4.92. The Bertz CT molecular complexity index is 488. The predicted molar refractivity (Wildman–Crippen MR) is 70.1 cm³/mol. The SMILES string of the molecule is O=C(O)C1CC2CCCCC2N1C(=O)c1cncs1. The Balaban J connectivity index is 1.90. The molecule has 0 bridgehead atoms. The first-order valence-corrected chi connectivity index (χ1v) is 7.50. The number of carbonyl (C=O) groups excluding carboxylic acids is 1. The summed E-state index contributed by atoms with van der Waals surface area (Å²) in [6, 6.07) is -0.563. The first-order valence-electron chi connectivity index (χ1n) is 6.62. The van der Waals surface area contributed by atoms with Gasteiger partial charge in [0.15, 0.2) is 0 Å². The van der Waals surface area contributed by atoms with E-state index in [0.29, 0.717) is 17.2 Å². The number of amides is 1. The molecule has 2 heterocycles. The van der Waals surface area contributed by atoms with Gasteiger partial charge in [-0.2, -0.15) is 0 Å². The third-order valence-electron chi connectivity index (χ3n) is 4.25. The molecule has 2 fully saturated rings. The average molecular weight is 280 g/mol. The lowest BCUT2D eigenvalue weighted by Crippen LogP contribution is -2.46. The third-order valence-corrected chi connectivity index (χ3v) is 5.01. The highest BCUT2D eigenvalue weighted by atomic mass is 32.1. The fraction of sp³-hybridized carbons (Fsp3) is 0.615. The summed E-state index contributed by atoms with van der Waals surface area (Å²) in [4.78, 5) is 30.0. The normalized spacial score (nSPS) is 30.1. The number of aromatic nitrogens is 1. The van der Waals surface area contributed by atoms with Gasteiger partial charge >= 0.3 is 5.97 Å². The summed E-state index contributed by atoms with van der Waals surface area (Å²) in [6.45, 7) is 0. The topological polar surface area (TPSA) is 70.5 Å². The molecule has 0 radical (unpaired) electrons. The number of carboxylic acid groups (broad SMARTS) is 1. The summed E-state index contributed by atoms with van der Waals surface area (Å²) in [5.41, 5.74) is 1.61. The molecule has 1 amide bonds. The molecule has 1 aromatic heterocycles. The van der Waals surface area contributed by atoms with E-state index < -0.39 is 12.0 Å². The first kappa shape index (κ1) is 12.6. The molecule has 1 aliphatic carbocycles. The number of carboxylic acids is 1. The number of carbonyl (C=O) groups is 2. The molecule has 1 saturated heterocycles. The molecular formula is C13H16N2O3S. The molecule has 102 valence electrons. The molecule has 0 aromatic carbocycles. The van der Waals surface area contributed by atoms with E-state index in [1.807, 2.05) is 0 Å². The van der Waals surface area contributed by atoms with Gasteiger partial charge in [0.05, 0.1) is 11.7 Å². The third kappa shape index (κ3) is 2.14. The number of rotatable bonds is 2. The lowest BCUT2D eigenvalue weighted by Gasteiger charge is -2.32. The minimum Gasteiger partial charge on any atom is -0.480 e. The highest BCUT2D eigenvalue weighted by molar-refractivity contribution is 7.11. The number of aliphatic carboxylic acids is 1. The van der Waals surface area contributed by atoms with Crippen LogP contribution in [0.5, 0.6) is 0 Å². The molecule has 3 unspecified atom stereocenters. The van der Waals surface area contributed by atoms with E-state index in [0.717, 1.165) is 25.7 Å². The van der Waals surface area contributed by atoms with Crippen LogP contribution in [0.4, 0.5) is 0 Å². The summed E-state index contributed by atoms with van der Waals surface area (Å²) in [7, 11) is 0. The first-order chi connectivity index (χ1) is 9.18. The Hall–Kier alpha value is -1.43. The molecule has 5 nitrogen and oxygen atoms in total. The van der Waals surface area contributed by atoms with Crippen molar-refractivity contribution in [2.75, 3.05) is 0 Å². The molecule has 1 N–H and O–H groups in total. The van der Waals surface area contributed by atoms with Gasteiger partial charge in [0.25, 0.3) is 5.91 Å². The van der Waals surface area contributed by atoms with Crippen LogP contribution in [0.2, 0.25) is 0 Å². The van der Waals surface area contributed by atoms with Crippen LogP contribution in [0, 0.1) is 5.92 Å². The smallest absolute Gasteiger partial charge is 0.326 e. The van der Waals surface area contributed by atoms with Crippen molar-refractivity contribution in [2.45, 2.75) is 44.2 Å². The average Bonchev–Trinajstić information content (AvgIpc) is 3.05. The quantitative estimate of drug-likeness (QED) is 0.899. The molecule has 0 spiro atoms. The molecular weight excluding hydrogens is 264 g/mol. The number of thiazole rings is 1. The molecule has 2 aliphatic rings. The van der Waals surface area contributed by atoms with Crippen molar-refractivity contribution in [1.82, 2.24) is 9.88 Å². The zero-order chi connectivity index (χ0) is 13.4. The van der Waals surface area contributed by atoms with Crippen LogP contribution in [0.1, 0.15) is 41.8 Å². The van der Waals surface area contributed by atoms with Crippen LogP contribution in [-0.4, -0.2) is 39.0 Å². The number of hydrogen-bond acceptors (Lipinski definition) is 4. The molecule has 1 saturated carbocycles. The molecule has 19 heavy (non-hydrogen) atoms. The molecule has 3 atom stereocenters. The maximum absolute atomic E-state index is 12.5. The molecule has 3 rings (SSSR count). The van der Waals surface area contributed by atoms with Crippen molar-refractivity contribution in [3.05, 3.63) is 16.6 Å². The largest absolute Gasteiger partial charge is 0.480 e. The van der Waals surface area contributed by atoms with Gasteiger partial charge in [-0.25, -0.2) is 4.79 Å². The summed E-state index contributed by atoms with van der Waals surface area (Å²) >= 11 is 1.28. The Morgan fingerprint density at radius 1 is 1.37 bits per heavy atom. The monoisotopic (exact) mass is 280 g/mol. The van der Waals surface area contributed by atoms with E-state index in [1.165, 1.54) is 17.5 Å². The van der Waals surface area contributed by atoms with Gasteiger partial charge in [0.1, 0.15) is 10.9 Å². The van der Waals surface area contributed by atoms with Gasteiger partial charge in [-0.3, -0.25) is 9.78 Å². The highest BCUT2D eigenvalue weighted by Gasteiger charge is 2.47. The van der Waals surface area contributed by atoms with Gasteiger partial charge in [0.2, 0.25) is 0 Å². The predicted octanol–water partition coefficient (Wildman–Crippen LogP) is 2.00. The van der Waals surface area contributed by atoms with Crippen molar-refractivity contribution < 1.29 is 14.7 Å². The van der Waals surface area contributed by atoms with Gasteiger partial charge in [-0.1, -0.05) is 12.8 Å². The van der Waals surface area contributed by atoms with Crippen LogP contribution >= 0.6 is 11.3 Å². The minimum absolute atomic E-state index is 0.101.